The van der Waals surface area contributed by atoms with E-state index in [1.807, 2.05) is 30.3 Å². The largest absolute Gasteiger partial charge is 0.367 e. The molecular formula is C12H15N7O. The molecular weight excluding hydrogens is 258 g/mol. The van der Waals surface area contributed by atoms with Crippen LogP contribution in [-0.4, -0.2) is 51.4 Å². The second-order valence-electron chi connectivity index (χ2n) is 4.25. The Morgan fingerprint density at radius 2 is 2.15 bits per heavy atom. The quantitative estimate of drug-likeness (QED) is 0.469. The first-order valence-corrected chi connectivity index (χ1v) is 5.97. The lowest BCUT2D eigenvalue weighted by Gasteiger charge is -2.02. The predicted molar refractivity (Wildman–Crippen MR) is 73.6 cm³/mol. The van der Waals surface area contributed by atoms with Gasteiger partial charge in [-0.05, 0) is 5.21 Å². The fourth-order valence-corrected chi connectivity index (χ4v) is 1.39. The molecule has 104 valence electrons. The summed E-state index contributed by atoms with van der Waals surface area (Å²) in [5.74, 6) is 0.162. The molecule has 0 aliphatic heterocycles. The molecule has 0 aliphatic rings. The summed E-state index contributed by atoms with van der Waals surface area (Å²) < 4.78 is 0. The standard InChI is InChI=1S/C12H15N7O/c1-18(2)9-13-14-11(20)8-19-16-12(15-17-19)10-6-4-3-5-7-10/h3-7,9H,8H2,1-2H3,(H,14,20). The van der Waals surface area contributed by atoms with Crippen LogP contribution in [0.25, 0.3) is 11.4 Å². The van der Waals surface area contributed by atoms with Crippen molar-refractivity contribution in [1.29, 1.82) is 0 Å². The topological polar surface area (TPSA) is 88.3 Å². The molecule has 0 unspecified atom stereocenters. The van der Waals surface area contributed by atoms with Crippen molar-refractivity contribution in [2.24, 2.45) is 5.10 Å². The van der Waals surface area contributed by atoms with E-state index in [1.54, 1.807) is 19.0 Å². The minimum Gasteiger partial charge on any atom is -0.367 e. The lowest BCUT2D eigenvalue weighted by molar-refractivity contribution is -0.122. The van der Waals surface area contributed by atoms with Crippen molar-refractivity contribution in [2.45, 2.75) is 6.54 Å². The van der Waals surface area contributed by atoms with Crippen LogP contribution in [0.3, 0.4) is 0 Å². The van der Waals surface area contributed by atoms with Gasteiger partial charge in [0.25, 0.3) is 5.91 Å². The van der Waals surface area contributed by atoms with Gasteiger partial charge in [0.05, 0.1) is 0 Å². The minimum absolute atomic E-state index is 0.0371. The molecule has 0 saturated heterocycles. The van der Waals surface area contributed by atoms with Gasteiger partial charge in [0.1, 0.15) is 12.9 Å². The third-order valence-corrected chi connectivity index (χ3v) is 2.25. The number of benzene rings is 1. The third-order valence-electron chi connectivity index (χ3n) is 2.25. The number of nitrogens with zero attached hydrogens (tertiary/aromatic N) is 6. The summed E-state index contributed by atoms with van der Waals surface area (Å²) in [6.45, 7) is -0.0371. The Labute approximate surface area is 116 Å². The zero-order chi connectivity index (χ0) is 14.4. The summed E-state index contributed by atoms with van der Waals surface area (Å²) in [4.78, 5) is 14.5. The zero-order valence-electron chi connectivity index (χ0n) is 11.3. The summed E-state index contributed by atoms with van der Waals surface area (Å²) in [6.07, 6.45) is 1.49. The summed E-state index contributed by atoms with van der Waals surface area (Å²) in [6, 6.07) is 9.44. The minimum atomic E-state index is -0.319. The highest BCUT2D eigenvalue weighted by atomic mass is 16.2. The smallest absolute Gasteiger partial charge is 0.263 e. The molecule has 2 aromatic rings. The number of amides is 1. The second kappa shape index (κ2) is 6.41. The molecule has 0 bridgehead atoms. The Morgan fingerprint density at radius 1 is 1.40 bits per heavy atom. The number of carbonyl (C=O) groups excluding carboxylic acids is 1. The molecule has 1 aromatic heterocycles. The highest BCUT2D eigenvalue weighted by Crippen LogP contribution is 2.11. The Bertz CT molecular complexity index is 591. The van der Waals surface area contributed by atoms with E-state index in [1.165, 1.54) is 11.1 Å². The fraction of sp³-hybridized carbons (Fsp3) is 0.250. The normalized spacial score (nSPS) is 10.7. The summed E-state index contributed by atoms with van der Waals surface area (Å²) in [7, 11) is 3.61. The van der Waals surface area contributed by atoms with Gasteiger partial charge in [-0.3, -0.25) is 4.79 Å². The lowest BCUT2D eigenvalue weighted by Crippen LogP contribution is -2.25. The van der Waals surface area contributed by atoms with E-state index >= 15 is 0 Å². The fourth-order valence-electron chi connectivity index (χ4n) is 1.39. The molecule has 2 rings (SSSR count). The molecule has 8 heteroatoms. The average molecular weight is 273 g/mol. The van der Waals surface area contributed by atoms with E-state index in [0.29, 0.717) is 5.82 Å². The number of tetrazole rings is 1. The molecule has 1 heterocycles. The first kappa shape index (κ1) is 13.7. The van der Waals surface area contributed by atoms with Crippen molar-refractivity contribution in [3.63, 3.8) is 0 Å². The molecule has 0 fully saturated rings. The van der Waals surface area contributed by atoms with Gasteiger partial charge in [0.2, 0.25) is 5.82 Å². The predicted octanol–water partition coefficient (Wildman–Crippen LogP) is -0.0388. The number of aromatic nitrogens is 4. The Morgan fingerprint density at radius 3 is 2.85 bits per heavy atom. The molecule has 8 nitrogen and oxygen atoms in total. The van der Waals surface area contributed by atoms with Crippen LogP contribution in [0, 0.1) is 0 Å². The van der Waals surface area contributed by atoms with Gasteiger partial charge in [-0.2, -0.15) is 9.90 Å². The number of carbonyl (C=O) groups is 1. The van der Waals surface area contributed by atoms with Crippen LogP contribution >= 0.6 is 0 Å². The van der Waals surface area contributed by atoms with Gasteiger partial charge in [0, 0.05) is 19.7 Å². The van der Waals surface area contributed by atoms with E-state index in [4.69, 9.17) is 0 Å². The Kier molecular flexibility index (Phi) is 4.38. The summed E-state index contributed by atoms with van der Waals surface area (Å²) >= 11 is 0. The number of hydrogen-bond donors (Lipinski definition) is 1. The Hall–Kier alpha value is -2.77. The molecule has 0 radical (unpaired) electrons. The van der Waals surface area contributed by atoms with Gasteiger partial charge < -0.3 is 4.90 Å². The van der Waals surface area contributed by atoms with E-state index in [-0.39, 0.29) is 12.5 Å². The lowest BCUT2D eigenvalue weighted by atomic mass is 10.2. The van der Waals surface area contributed by atoms with Crippen molar-refractivity contribution in [3.05, 3.63) is 30.3 Å². The molecule has 0 saturated carbocycles. The SMILES string of the molecule is CN(C)C=NNC(=O)Cn1nnc(-c2ccccc2)n1. The summed E-state index contributed by atoms with van der Waals surface area (Å²) in [5, 5.41) is 15.6. The highest BCUT2D eigenvalue weighted by molar-refractivity contribution is 5.76. The third kappa shape index (κ3) is 3.87. The van der Waals surface area contributed by atoms with Crippen molar-refractivity contribution in [1.82, 2.24) is 30.5 Å². The highest BCUT2D eigenvalue weighted by Gasteiger charge is 2.08. The van der Waals surface area contributed by atoms with E-state index < -0.39 is 0 Å². The monoisotopic (exact) mass is 273 g/mol. The van der Waals surface area contributed by atoms with Crippen molar-refractivity contribution >= 4 is 12.2 Å². The van der Waals surface area contributed by atoms with Crippen LogP contribution in [0.5, 0.6) is 0 Å². The van der Waals surface area contributed by atoms with E-state index in [9.17, 15) is 4.79 Å². The molecule has 1 N–H and O–H groups in total. The second-order valence-corrected chi connectivity index (χ2v) is 4.25. The number of hydrogen-bond acceptors (Lipinski definition) is 5. The van der Waals surface area contributed by atoms with Crippen molar-refractivity contribution in [2.75, 3.05) is 14.1 Å². The van der Waals surface area contributed by atoms with Crippen LogP contribution in [0.1, 0.15) is 0 Å². The van der Waals surface area contributed by atoms with Crippen LogP contribution in [0.15, 0.2) is 35.4 Å². The molecule has 0 atom stereocenters. The number of rotatable bonds is 5. The maximum absolute atomic E-state index is 11.6. The van der Waals surface area contributed by atoms with Gasteiger partial charge in [-0.25, -0.2) is 5.43 Å². The van der Waals surface area contributed by atoms with Gasteiger partial charge >= 0.3 is 0 Å². The molecule has 1 amide bonds. The van der Waals surface area contributed by atoms with Gasteiger partial charge in [-0.1, -0.05) is 30.3 Å². The van der Waals surface area contributed by atoms with Crippen LogP contribution < -0.4 is 5.43 Å². The maximum atomic E-state index is 11.6. The van der Waals surface area contributed by atoms with E-state index in [2.05, 4.69) is 25.9 Å². The van der Waals surface area contributed by atoms with Crippen molar-refractivity contribution < 1.29 is 4.79 Å². The number of hydrazone groups is 1. The van der Waals surface area contributed by atoms with Crippen LogP contribution in [0.4, 0.5) is 0 Å². The van der Waals surface area contributed by atoms with Crippen LogP contribution in [0.2, 0.25) is 0 Å². The maximum Gasteiger partial charge on any atom is 0.263 e. The zero-order valence-corrected chi connectivity index (χ0v) is 11.3. The number of nitrogens with one attached hydrogen (secondary N) is 1. The van der Waals surface area contributed by atoms with Gasteiger partial charge in [0.15, 0.2) is 0 Å². The van der Waals surface area contributed by atoms with E-state index in [0.717, 1.165) is 5.56 Å². The Balaban J connectivity index is 1.95. The first-order chi connectivity index (χ1) is 9.65. The van der Waals surface area contributed by atoms with Gasteiger partial charge in [-0.15, -0.1) is 10.2 Å². The average Bonchev–Trinajstić information content (AvgIpc) is 2.88. The molecule has 1 aromatic carbocycles. The molecule has 0 aliphatic carbocycles. The molecule has 20 heavy (non-hydrogen) atoms. The van der Waals surface area contributed by atoms with Crippen molar-refractivity contribution in [3.8, 4) is 11.4 Å². The molecule has 0 spiro atoms. The first-order valence-electron chi connectivity index (χ1n) is 5.97. The van der Waals surface area contributed by atoms with Crippen LogP contribution in [-0.2, 0) is 11.3 Å². The summed E-state index contributed by atoms with van der Waals surface area (Å²) in [5.41, 5.74) is 3.22.